The van der Waals surface area contributed by atoms with Crippen LogP contribution < -0.4 is 25.7 Å². The van der Waals surface area contributed by atoms with Gasteiger partial charge in [0.05, 0.1) is 25.6 Å². The van der Waals surface area contributed by atoms with Crippen LogP contribution in [0.4, 0.5) is 11.4 Å². The van der Waals surface area contributed by atoms with Crippen molar-refractivity contribution < 1.29 is 23.5 Å². The lowest BCUT2D eigenvalue weighted by Crippen LogP contribution is -2.21. The first-order chi connectivity index (χ1) is 16.4. The fourth-order valence-corrected chi connectivity index (χ4v) is 3.70. The van der Waals surface area contributed by atoms with Gasteiger partial charge in [0.1, 0.15) is 22.6 Å². The minimum Gasteiger partial charge on any atom is -0.494 e. The number of halogens is 1. The van der Waals surface area contributed by atoms with Gasteiger partial charge in [-0.1, -0.05) is 34.1 Å². The van der Waals surface area contributed by atoms with Crippen molar-refractivity contribution in [1.82, 2.24) is 0 Å². The normalized spacial score (nSPS) is 10.6. The Balaban J connectivity index is 1.65. The summed E-state index contributed by atoms with van der Waals surface area (Å²) < 4.78 is 16.8. The van der Waals surface area contributed by atoms with E-state index in [1.54, 1.807) is 42.5 Å². The highest BCUT2D eigenvalue weighted by atomic mass is 79.9. The zero-order valence-corrected chi connectivity index (χ0v) is 19.8. The number of methoxy groups -OCH3 is 2. The Morgan fingerprint density at radius 3 is 2.06 bits per heavy atom. The molecule has 172 valence electrons. The smallest absolute Gasteiger partial charge is 0.349 e. The van der Waals surface area contributed by atoms with Crippen LogP contribution in [0, 0.1) is 0 Å². The number of carbonyl (C=O) groups excluding carboxylic acids is 2. The second kappa shape index (κ2) is 9.80. The first-order valence-electron chi connectivity index (χ1n) is 10.1. The molecule has 2 amide bonds. The van der Waals surface area contributed by atoms with Gasteiger partial charge in [-0.2, -0.15) is 0 Å². The van der Waals surface area contributed by atoms with Gasteiger partial charge in [-0.25, -0.2) is 4.79 Å². The molecule has 0 radical (unpaired) electrons. The predicted molar refractivity (Wildman–Crippen MR) is 132 cm³/mol. The van der Waals surface area contributed by atoms with Crippen LogP contribution in [0.3, 0.4) is 0 Å². The lowest BCUT2D eigenvalue weighted by Gasteiger charge is -2.16. The first kappa shape index (κ1) is 23.1. The van der Waals surface area contributed by atoms with Crippen molar-refractivity contribution in [2.45, 2.75) is 0 Å². The van der Waals surface area contributed by atoms with E-state index in [2.05, 4.69) is 26.6 Å². The Morgan fingerprint density at radius 1 is 0.824 bits per heavy atom. The fraction of sp³-hybridized carbons (Fsp3) is 0.0800. The summed E-state index contributed by atoms with van der Waals surface area (Å²) in [5.74, 6) is -0.477. The first-order valence-corrected chi connectivity index (χ1v) is 10.9. The van der Waals surface area contributed by atoms with E-state index >= 15 is 0 Å². The molecular formula is C25H19BrN2O6. The van der Waals surface area contributed by atoms with Crippen molar-refractivity contribution in [2.75, 3.05) is 24.9 Å². The van der Waals surface area contributed by atoms with Crippen LogP contribution in [0.15, 0.2) is 80.4 Å². The average molecular weight is 523 g/mol. The molecule has 0 fully saturated rings. The minimum absolute atomic E-state index is 0.173. The third-order valence-corrected chi connectivity index (χ3v) is 5.49. The Morgan fingerprint density at radius 2 is 1.44 bits per heavy atom. The summed E-state index contributed by atoms with van der Waals surface area (Å²) in [4.78, 5) is 37.9. The molecule has 0 aliphatic rings. The molecule has 0 bridgehead atoms. The van der Waals surface area contributed by atoms with Gasteiger partial charge in [-0.15, -0.1) is 0 Å². The molecule has 0 spiro atoms. The molecule has 3 aromatic carbocycles. The summed E-state index contributed by atoms with van der Waals surface area (Å²) in [5.41, 5.74) is 0.480. The molecule has 1 heterocycles. The summed E-state index contributed by atoms with van der Waals surface area (Å²) in [6, 6.07) is 18.3. The molecule has 2 N–H and O–H groups in total. The Kier molecular flexibility index (Phi) is 6.65. The van der Waals surface area contributed by atoms with Crippen LogP contribution in [-0.2, 0) is 0 Å². The second-order valence-corrected chi connectivity index (χ2v) is 8.07. The predicted octanol–water partition coefficient (Wildman–Crippen LogP) is 5.08. The highest BCUT2D eigenvalue weighted by molar-refractivity contribution is 9.10. The van der Waals surface area contributed by atoms with Gasteiger partial charge in [0.2, 0.25) is 0 Å². The van der Waals surface area contributed by atoms with E-state index in [1.165, 1.54) is 32.4 Å². The molecule has 34 heavy (non-hydrogen) atoms. The van der Waals surface area contributed by atoms with E-state index in [9.17, 15) is 14.4 Å². The van der Waals surface area contributed by atoms with Crippen LogP contribution in [0.2, 0.25) is 0 Å². The molecule has 8 nitrogen and oxygen atoms in total. The van der Waals surface area contributed by atoms with Gasteiger partial charge in [0, 0.05) is 27.6 Å². The number of ether oxygens (including phenoxy) is 2. The molecule has 0 atom stereocenters. The number of benzene rings is 3. The molecule has 0 aliphatic carbocycles. The number of anilines is 2. The standard InChI is InChI=1S/C25H19BrN2O6/c1-32-21-13-19(22(33-2)12-18(21)27-23(29)14-6-4-3-5-7-14)28-24(30)17-11-15-10-16(26)8-9-20(15)34-25(17)31/h3-13H,1-2H3,(H,27,29)(H,28,30). The lowest BCUT2D eigenvalue weighted by atomic mass is 10.1. The minimum atomic E-state index is -0.773. The number of fused-ring (bicyclic) bond motifs is 1. The van der Waals surface area contributed by atoms with Crippen LogP contribution in [0.5, 0.6) is 11.5 Å². The van der Waals surface area contributed by atoms with Crippen molar-refractivity contribution in [3.63, 3.8) is 0 Å². The zero-order chi connectivity index (χ0) is 24.2. The molecule has 0 aliphatic heterocycles. The Labute approximate surface area is 202 Å². The molecule has 0 saturated carbocycles. The van der Waals surface area contributed by atoms with E-state index in [1.807, 2.05) is 6.07 Å². The number of hydrogen-bond donors (Lipinski definition) is 2. The third-order valence-electron chi connectivity index (χ3n) is 4.99. The van der Waals surface area contributed by atoms with E-state index in [-0.39, 0.29) is 28.7 Å². The molecule has 4 rings (SSSR count). The van der Waals surface area contributed by atoms with Crippen LogP contribution in [0.1, 0.15) is 20.7 Å². The van der Waals surface area contributed by atoms with E-state index < -0.39 is 11.5 Å². The molecule has 4 aromatic rings. The molecular weight excluding hydrogens is 504 g/mol. The number of hydrogen-bond acceptors (Lipinski definition) is 6. The van der Waals surface area contributed by atoms with Gasteiger partial charge < -0.3 is 24.5 Å². The molecule has 0 saturated heterocycles. The number of carbonyl (C=O) groups is 2. The zero-order valence-electron chi connectivity index (χ0n) is 18.2. The molecule has 9 heteroatoms. The second-order valence-electron chi connectivity index (χ2n) is 7.16. The lowest BCUT2D eigenvalue weighted by molar-refractivity contribution is 0.101. The molecule has 1 aromatic heterocycles. The monoisotopic (exact) mass is 522 g/mol. The quantitative estimate of drug-likeness (QED) is 0.342. The third kappa shape index (κ3) is 4.79. The number of amides is 2. The van der Waals surface area contributed by atoms with Gasteiger partial charge >= 0.3 is 5.63 Å². The Hall–Kier alpha value is -4.11. The van der Waals surface area contributed by atoms with Crippen LogP contribution in [-0.4, -0.2) is 26.0 Å². The van der Waals surface area contributed by atoms with Crippen molar-refractivity contribution in [3.8, 4) is 11.5 Å². The van der Waals surface area contributed by atoms with Crippen LogP contribution >= 0.6 is 15.9 Å². The highest BCUT2D eigenvalue weighted by Crippen LogP contribution is 2.37. The summed E-state index contributed by atoms with van der Waals surface area (Å²) in [7, 11) is 2.85. The van der Waals surface area contributed by atoms with Gasteiger partial charge in [-0.3, -0.25) is 9.59 Å². The van der Waals surface area contributed by atoms with Gasteiger partial charge in [-0.05, 0) is 36.4 Å². The number of nitrogens with one attached hydrogen (secondary N) is 2. The van der Waals surface area contributed by atoms with Crippen molar-refractivity contribution in [2.24, 2.45) is 0 Å². The topological polar surface area (TPSA) is 107 Å². The van der Waals surface area contributed by atoms with Crippen LogP contribution in [0.25, 0.3) is 11.0 Å². The summed E-state index contributed by atoms with van der Waals surface area (Å²) >= 11 is 3.36. The summed E-state index contributed by atoms with van der Waals surface area (Å²) in [6.45, 7) is 0. The Bertz CT molecular complexity index is 1450. The van der Waals surface area contributed by atoms with Crippen molar-refractivity contribution >= 4 is 50.1 Å². The van der Waals surface area contributed by atoms with Gasteiger partial charge in [0.25, 0.3) is 11.8 Å². The maximum atomic E-state index is 12.9. The average Bonchev–Trinajstić information content (AvgIpc) is 2.84. The summed E-state index contributed by atoms with van der Waals surface area (Å²) in [6.07, 6.45) is 0. The maximum Gasteiger partial charge on any atom is 0.349 e. The largest absolute Gasteiger partial charge is 0.494 e. The van der Waals surface area contributed by atoms with Crippen molar-refractivity contribution in [1.29, 1.82) is 0 Å². The van der Waals surface area contributed by atoms with E-state index in [4.69, 9.17) is 13.9 Å². The van der Waals surface area contributed by atoms with Gasteiger partial charge in [0.15, 0.2) is 0 Å². The van der Waals surface area contributed by atoms with E-state index in [0.717, 1.165) is 4.47 Å². The number of rotatable bonds is 6. The SMILES string of the molecule is COc1cc(NC(=O)c2cc3cc(Br)ccc3oc2=O)c(OC)cc1NC(=O)c1ccccc1. The summed E-state index contributed by atoms with van der Waals surface area (Å²) in [5, 5.41) is 6.02. The van der Waals surface area contributed by atoms with Crippen molar-refractivity contribution in [3.05, 3.63) is 92.7 Å². The highest BCUT2D eigenvalue weighted by Gasteiger charge is 2.19. The van der Waals surface area contributed by atoms with E-state index in [0.29, 0.717) is 22.2 Å². The molecule has 0 unspecified atom stereocenters. The fourth-order valence-electron chi connectivity index (χ4n) is 3.32. The maximum absolute atomic E-state index is 12.9.